The molecule has 2 amide bonds. The second-order valence-corrected chi connectivity index (χ2v) is 7.66. The first-order chi connectivity index (χ1) is 14.3. The van der Waals surface area contributed by atoms with E-state index in [0.29, 0.717) is 24.4 Å². The summed E-state index contributed by atoms with van der Waals surface area (Å²) in [6.45, 7) is 0. The van der Waals surface area contributed by atoms with E-state index in [0.717, 1.165) is 12.8 Å². The number of nitrogens with one attached hydrogen (secondary N) is 2. The molecule has 2 aliphatic rings. The van der Waals surface area contributed by atoms with Gasteiger partial charge in [0.2, 0.25) is 0 Å². The molecule has 30 heavy (non-hydrogen) atoms. The summed E-state index contributed by atoms with van der Waals surface area (Å²) >= 11 is 0. The van der Waals surface area contributed by atoms with Crippen LogP contribution in [0.15, 0.2) is 41.0 Å². The number of aliphatic hydroxyl groups is 1. The second-order valence-electron chi connectivity index (χ2n) is 7.66. The summed E-state index contributed by atoms with van der Waals surface area (Å²) in [5.41, 5.74) is 3.89. The maximum absolute atomic E-state index is 12.0. The predicted molar refractivity (Wildman–Crippen MR) is 109 cm³/mol. The van der Waals surface area contributed by atoms with Crippen molar-refractivity contribution >= 4 is 29.6 Å². The van der Waals surface area contributed by atoms with E-state index in [1.54, 1.807) is 6.21 Å². The van der Waals surface area contributed by atoms with Gasteiger partial charge in [0.15, 0.2) is 0 Å². The number of nitrogens with zero attached hydrogens (tertiary/aromatic N) is 2. The quantitative estimate of drug-likeness (QED) is 0.232. The van der Waals surface area contributed by atoms with E-state index in [1.807, 2.05) is 6.08 Å². The van der Waals surface area contributed by atoms with Crippen molar-refractivity contribution in [1.29, 1.82) is 0 Å². The number of hydrogen-bond acceptors (Lipinski definition) is 6. The van der Waals surface area contributed by atoms with Crippen molar-refractivity contribution in [3.05, 3.63) is 46.0 Å². The molecule has 1 aromatic carbocycles. The summed E-state index contributed by atoms with van der Waals surface area (Å²) in [5.74, 6) is -0.440. The third-order valence-corrected chi connectivity index (χ3v) is 5.65. The van der Waals surface area contributed by atoms with Crippen LogP contribution in [0.1, 0.15) is 32.1 Å². The molecule has 0 bridgehead atoms. The van der Waals surface area contributed by atoms with Crippen molar-refractivity contribution in [2.75, 3.05) is 5.32 Å². The summed E-state index contributed by atoms with van der Waals surface area (Å²) in [5, 5.41) is 36.2. The summed E-state index contributed by atoms with van der Waals surface area (Å²) in [4.78, 5) is 32.7. The van der Waals surface area contributed by atoms with E-state index < -0.39 is 23.0 Å². The van der Waals surface area contributed by atoms with Crippen molar-refractivity contribution < 1.29 is 24.7 Å². The van der Waals surface area contributed by atoms with Crippen LogP contribution in [0.2, 0.25) is 0 Å². The molecule has 160 valence electrons. The fraction of sp³-hybridized carbons (Fsp3) is 0.450. The van der Waals surface area contributed by atoms with Gasteiger partial charge in [-0.3, -0.25) is 14.9 Å². The van der Waals surface area contributed by atoms with E-state index in [4.69, 9.17) is 5.11 Å². The third-order valence-electron chi connectivity index (χ3n) is 5.65. The van der Waals surface area contributed by atoms with Gasteiger partial charge in [-0.05, 0) is 49.7 Å². The highest BCUT2D eigenvalue weighted by atomic mass is 16.6. The Labute approximate surface area is 172 Å². The Hall–Kier alpha value is -3.27. The summed E-state index contributed by atoms with van der Waals surface area (Å²) < 4.78 is 0. The van der Waals surface area contributed by atoms with Crippen LogP contribution in [0.3, 0.4) is 0 Å². The van der Waals surface area contributed by atoms with E-state index in [-0.39, 0.29) is 23.9 Å². The molecule has 0 aromatic heterocycles. The van der Waals surface area contributed by atoms with Crippen LogP contribution < -0.4 is 10.7 Å². The molecule has 10 nitrogen and oxygen atoms in total. The average molecular weight is 416 g/mol. The summed E-state index contributed by atoms with van der Waals surface area (Å²) in [6, 6.07) is 4.82. The van der Waals surface area contributed by atoms with Crippen molar-refractivity contribution in [3.8, 4) is 0 Å². The van der Waals surface area contributed by atoms with Crippen molar-refractivity contribution in [3.63, 3.8) is 0 Å². The Morgan fingerprint density at radius 1 is 1.27 bits per heavy atom. The number of nitro benzene ring substituents is 1. The SMILES string of the molecule is O=C(O)CC/C=C1/CC2CC(O)C(/C=N/NC(=O)Nc3ccc([N+](=O)[O-])cc3)C2C1. The molecule has 2 fully saturated rings. The topological polar surface area (TPSA) is 154 Å². The van der Waals surface area contributed by atoms with Gasteiger partial charge in [0.1, 0.15) is 0 Å². The van der Waals surface area contributed by atoms with Crippen LogP contribution in [-0.4, -0.2) is 39.5 Å². The molecule has 1 aromatic rings. The van der Waals surface area contributed by atoms with Crippen LogP contribution in [0.5, 0.6) is 0 Å². The van der Waals surface area contributed by atoms with Gasteiger partial charge >= 0.3 is 12.0 Å². The van der Waals surface area contributed by atoms with Crippen molar-refractivity contribution in [2.24, 2.45) is 22.9 Å². The lowest BCUT2D eigenvalue weighted by Crippen LogP contribution is -2.27. The molecule has 0 spiro atoms. The lowest BCUT2D eigenvalue weighted by molar-refractivity contribution is -0.384. The van der Waals surface area contributed by atoms with Gasteiger partial charge in [0.05, 0.1) is 11.0 Å². The number of aliphatic hydroxyl groups excluding tert-OH is 1. The fourth-order valence-corrected chi connectivity index (χ4v) is 4.29. The molecule has 10 heteroatoms. The van der Waals surface area contributed by atoms with Gasteiger partial charge < -0.3 is 15.5 Å². The summed E-state index contributed by atoms with van der Waals surface area (Å²) in [6.07, 6.45) is 5.97. The van der Waals surface area contributed by atoms with E-state index >= 15 is 0 Å². The normalized spacial score (nSPS) is 26.6. The number of carboxylic acids is 1. The smallest absolute Gasteiger partial charge is 0.339 e. The van der Waals surface area contributed by atoms with E-state index in [1.165, 1.54) is 29.8 Å². The highest BCUT2D eigenvalue weighted by Crippen LogP contribution is 2.49. The minimum atomic E-state index is -0.816. The number of carboxylic acid groups (broad SMARTS) is 1. The number of carbonyl (C=O) groups excluding carboxylic acids is 1. The van der Waals surface area contributed by atoms with Gasteiger partial charge in [-0.15, -0.1) is 0 Å². The number of fused-ring (bicyclic) bond motifs is 1. The van der Waals surface area contributed by atoms with Crippen LogP contribution in [0.25, 0.3) is 0 Å². The molecule has 0 aliphatic heterocycles. The Bertz CT molecular complexity index is 867. The lowest BCUT2D eigenvalue weighted by atomic mass is 9.92. The first-order valence-electron chi connectivity index (χ1n) is 9.76. The van der Waals surface area contributed by atoms with Crippen LogP contribution in [-0.2, 0) is 4.79 Å². The Morgan fingerprint density at radius 3 is 2.67 bits per heavy atom. The number of hydrazone groups is 1. The van der Waals surface area contributed by atoms with Crippen LogP contribution >= 0.6 is 0 Å². The molecule has 0 saturated heterocycles. The highest BCUT2D eigenvalue weighted by Gasteiger charge is 2.45. The number of carbonyl (C=O) groups is 2. The van der Waals surface area contributed by atoms with E-state index in [2.05, 4.69) is 15.8 Å². The lowest BCUT2D eigenvalue weighted by Gasteiger charge is -2.16. The van der Waals surface area contributed by atoms with Gasteiger partial charge in [0, 0.05) is 36.4 Å². The Morgan fingerprint density at radius 2 is 2.00 bits per heavy atom. The Kier molecular flexibility index (Phi) is 6.78. The van der Waals surface area contributed by atoms with Gasteiger partial charge in [-0.1, -0.05) is 11.6 Å². The molecule has 4 N–H and O–H groups in total. The third kappa shape index (κ3) is 5.41. The van der Waals surface area contributed by atoms with Gasteiger partial charge in [-0.2, -0.15) is 5.10 Å². The molecule has 0 heterocycles. The number of allylic oxidation sites excluding steroid dienone is 2. The zero-order chi connectivity index (χ0) is 21.7. The second kappa shape index (κ2) is 9.49. The molecule has 4 atom stereocenters. The summed E-state index contributed by atoms with van der Waals surface area (Å²) in [7, 11) is 0. The molecule has 2 aliphatic carbocycles. The minimum absolute atomic E-state index is 0.0725. The van der Waals surface area contributed by atoms with Crippen LogP contribution in [0, 0.1) is 27.9 Å². The number of aliphatic carboxylic acids is 1. The zero-order valence-corrected chi connectivity index (χ0v) is 16.2. The monoisotopic (exact) mass is 416 g/mol. The first-order valence-corrected chi connectivity index (χ1v) is 9.76. The van der Waals surface area contributed by atoms with Gasteiger partial charge in [-0.25, -0.2) is 10.2 Å². The predicted octanol–water partition coefficient (Wildman–Crippen LogP) is 2.90. The molecule has 0 radical (unpaired) electrons. The largest absolute Gasteiger partial charge is 0.481 e. The standard InChI is InChI=1S/C20H24N4O6/c25-18-10-13-8-12(2-1-3-19(26)27)9-16(13)17(18)11-21-23-20(28)22-14-4-6-15(7-5-14)24(29)30/h2,4-7,11,13,16-18,25H,1,3,8-10H2,(H,26,27)(H2,22,23,28)/b12-2-,21-11+. The highest BCUT2D eigenvalue weighted by molar-refractivity contribution is 5.89. The number of anilines is 1. The Balaban J connectivity index is 1.50. The van der Waals surface area contributed by atoms with Crippen molar-refractivity contribution in [1.82, 2.24) is 5.43 Å². The average Bonchev–Trinajstić information content (AvgIpc) is 3.19. The number of rotatable bonds is 7. The minimum Gasteiger partial charge on any atom is -0.481 e. The number of non-ortho nitro benzene ring substituents is 1. The molecule has 3 rings (SSSR count). The maximum atomic E-state index is 12.0. The fourth-order valence-electron chi connectivity index (χ4n) is 4.29. The molecule has 4 unspecified atom stereocenters. The molecular formula is C20H24N4O6. The van der Waals surface area contributed by atoms with E-state index in [9.17, 15) is 24.8 Å². The number of urea groups is 1. The number of hydrogen-bond donors (Lipinski definition) is 4. The molecular weight excluding hydrogens is 392 g/mol. The molecule has 2 saturated carbocycles. The number of amides is 2. The zero-order valence-electron chi connectivity index (χ0n) is 16.2. The van der Waals surface area contributed by atoms with Crippen molar-refractivity contribution in [2.45, 2.75) is 38.2 Å². The van der Waals surface area contributed by atoms with Gasteiger partial charge in [0.25, 0.3) is 5.69 Å². The van der Waals surface area contributed by atoms with Crippen LogP contribution in [0.4, 0.5) is 16.2 Å². The number of nitro groups is 1. The number of benzene rings is 1. The first kappa shape index (κ1) is 21.4. The maximum Gasteiger partial charge on any atom is 0.339 e.